The van der Waals surface area contributed by atoms with Gasteiger partial charge in [0.15, 0.2) is 17.5 Å². The second-order valence-corrected chi connectivity index (χ2v) is 11.0. The molecular formula is C29H45F3. The Kier molecular flexibility index (Phi) is 10.9. The molecule has 0 aromatic heterocycles. The van der Waals surface area contributed by atoms with E-state index in [4.69, 9.17) is 0 Å². The zero-order chi connectivity index (χ0) is 22.8. The third-order valence-corrected chi connectivity index (χ3v) is 8.52. The van der Waals surface area contributed by atoms with Gasteiger partial charge in [0, 0.05) is 0 Å². The summed E-state index contributed by atoms with van der Waals surface area (Å²) in [7, 11) is 0. The monoisotopic (exact) mass is 450 g/mol. The third-order valence-electron chi connectivity index (χ3n) is 8.52. The van der Waals surface area contributed by atoms with Crippen molar-refractivity contribution in [3.63, 3.8) is 0 Å². The predicted molar refractivity (Wildman–Crippen MR) is 128 cm³/mol. The van der Waals surface area contributed by atoms with Crippen LogP contribution in [0.4, 0.5) is 13.2 Å². The Morgan fingerprint density at radius 1 is 0.594 bits per heavy atom. The van der Waals surface area contributed by atoms with Crippen molar-refractivity contribution in [2.75, 3.05) is 0 Å². The molecule has 32 heavy (non-hydrogen) atoms. The zero-order valence-corrected chi connectivity index (χ0v) is 20.3. The van der Waals surface area contributed by atoms with Crippen molar-refractivity contribution in [2.24, 2.45) is 23.7 Å². The zero-order valence-electron chi connectivity index (χ0n) is 20.3. The van der Waals surface area contributed by atoms with Gasteiger partial charge >= 0.3 is 0 Å². The molecule has 0 saturated heterocycles. The van der Waals surface area contributed by atoms with Crippen LogP contribution in [-0.2, 0) is 6.42 Å². The van der Waals surface area contributed by atoms with E-state index in [1.807, 2.05) is 0 Å². The van der Waals surface area contributed by atoms with Crippen molar-refractivity contribution in [3.05, 3.63) is 35.1 Å². The fraction of sp³-hybridized carbons (Fsp3) is 0.793. The first-order valence-corrected chi connectivity index (χ1v) is 13.7. The van der Waals surface area contributed by atoms with Gasteiger partial charge < -0.3 is 0 Å². The van der Waals surface area contributed by atoms with E-state index in [1.165, 1.54) is 103 Å². The largest absolute Gasteiger partial charge is 0.204 e. The minimum Gasteiger partial charge on any atom is -0.204 e. The molecule has 0 nitrogen and oxygen atoms in total. The molecule has 0 heterocycles. The Balaban J connectivity index is 1.24. The number of hydrogen-bond donors (Lipinski definition) is 0. The Bertz CT molecular complexity index is 631. The van der Waals surface area contributed by atoms with Crippen LogP contribution in [0.15, 0.2) is 12.1 Å². The van der Waals surface area contributed by atoms with Gasteiger partial charge in [-0.1, -0.05) is 110 Å². The number of rotatable bonds is 12. The number of hydrogen-bond acceptors (Lipinski definition) is 0. The van der Waals surface area contributed by atoms with Gasteiger partial charge in [0.2, 0.25) is 0 Å². The molecule has 2 aliphatic rings. The van der Waals surface area contributed by atoms with Crippen molar-refractivity contribution in [1.82, 2.24) is 0 Å². The number of benzene rings is 1. The van der Waals surface area contributed by atoms with E-state index in [1.54, 1.807) is 0 Å². The van der Waals surface area contributed by atoms with Crippen molar-refractivity contribution >= 4 is 0 Å². The maximum Gasteiger partial charge on any atom is 0.194 e. The molecule has 0 atom stereocenters. The second-order valence-electron chi connectivity index (χ2n) is 11.0. The van der Waals surface area contributed by atoms with Crippen molar-refractivity contribution in [1.29, 1.82) is 0 Å². The molecule has 0 spiro atoms. The van der Waals surface area contributed by atoms with E-state index in [2.05, 4.69) is 6.92 Å². The summed E-state index contributed by atoms with van der Waals surface area (Å²) in [6.45, 7) is 2.29. The van der Waals surface area contributed by atoms with Crippen molar-refractivity contribution in [3.8, 4) is 0 Å². The van der Waals surface area contributed by atoms with Gasteiger partial charge in [0.25, 0.3) is 0 Å². The molecule has 2 aliphatic carbocycles. The van der Waals surface area contributed by atoms with E-state index in [0.29, 0.717) is 17.9 Å². The van der Waals surface area contributed by atoms with Gasteiger partial charge in [-0.3, -0.25) is 0 Å². The third kappa shape index (κ3) is 8.41. The average Bonchev–Trinajstić information content (AvgIpc) is 2.81. The van der Waals surface area contributed by atoms with Crippen molar-refractivity contribution in [2.45, 2.75) is 122 Å². The summed E-state index contributed by atoms with van der Waals surface area (Å²) in [5.74, 6) is 0.0109. The molecule has 1 aromatic rings. The lowest BCUT2D eigenvalue weighted by molar-refractivity contribution is 0.208. The lowest BCUT2D eigenvalue weighted by Crippen LogP contribution is -2.18. The Morgan fingerprint density at radius 2 is 1.03 bits per heavy atom. The van der Waals surface area contributed by atoms with Gasteiger partial charge in [0.05, 0.1) is 0 Å². The fourth-order valence-corrected chi connectivity index (χ4v) is 6.25. The van der Waals surface area contributed by atoms with E-state index in [-0.39, 0.29) is 0 Å². The van der Waals surface area contributed by atoms with Crippen LogP contribution in [0.1, 0.15) is 122 Å². The topological polar surface area (TPSA) is 0 Å². The molecule has 2 fully saturated rings. The highest BCUT2D eigenvalue weighted by atomic mass is 19.2. The maximum atomic E-state index is 13.4. The minimum atomic E-state index is -1.36. The first kappa shape index (κ1) is 25.6. The van der Waals surface area contributed by atoms with Crippen LogP contribution < -0.4 is 0 Å². The molecular weight excluding hydrogens is 405 g/mol. The summed E-state index contributed by atoms with van der Waals surface area (Å²) in [4.78, 5) is 0. The molecule has 0 bridgehead atoms. The molecule has 3 heteroatoms. The van der Waals surface area contributed by atoms with Gasteiger partial charge in [-0.15, -0.1) is 0 Å². The summed E-state index contributed by atoms with van der Waals surface area (Å²) >= 11 is 0. The molecule has 0 N–H and O–H groups in total. The van der Waals surface area contributed by atoms with Crippen LogP contribution in [0.3, 0.4) is 0 Å². The van der Waals surface area contributed by atoms with Gasteiger partial charge in [-0.25, -0.2) is 13.2 Å². The Hall–Kier alpha value is -0.990. The van der Waals surface area contributed by atoms with Gasteiger partial charge in [0.1, 0.15) is 0 Å². The molecule has 0 radical (unpaired) electrons. The van der Waals surface area contributed by atoms with Crippen LogP contribution in [0.2, 0.25) is 0 Å². The minimum absolute atomic E-state index is 0.583. The van der Waals surface area contributed by atoms with Crippen LogP contribution in [0.5, 0.6) is 0 Å². The van der Waals surface area contributed by atoms with E-state index in [9.17, 15) is 13.2 Å². The summed E-state index contributed by atoms with van der Waals surface area (Å²) in [5.41, 5.74) is 0.583. The highest BCUT2D eigenvalue weighted by molar-refractivity contribution is 5.19. The van der Waals surface area contributed by atoms with Crippen LogP contribution in [-0.4, -0.2) is 0 Å². The Morgan fingerprint density at radius 3 is 1.53 bits per heavy atom. The molecule has 0 aliphatic heterocycles. The highest BCUT2D eigenvalue weighted by Crippen LogP contribution is 2.38. The smallest absolute Gasteiger partial charge is 0.194 e. The summed E-state index contributed by atoms with van der Waals surface area (Å²) in [5, 5.41) is 0. The maximum absolute atomic E-state index is 13.4. The quantitative estimate of drug-likeness (QED) is 0.219. The van der Waals surface area contributed by atoms with E-state index in [0.717, 1.165) is 36.3 Å². The molecule has 1 aromatic carbocycles. The van der Waals surface area contributed by atoms with Gasteiger partial charge in [-0.05, 0) is 54.2 Å². The van der Waals surface area contributed by atoms with Crippen molar-refractivity contribution < 1.29 is 13.2 Å². The molecule has 0 unspecified atom stereocenters. The lowest BCUT2D eigenvalue weighted by atomic mass is 9.74. The molecule has 3 rings (SSSR count). The molecule has 2 saturated carbocycles. The summed E-state index contributed by atoms with van der Waals surface area (Å²) < 4.78 is 39.9. The normalized spacial score (nSPS) is 26.4. The lowest BCUT2D eigenvalue weighted by Gasteiger charge is -2.32. The first-order valence-electron chi connectivity index (χ1n) is 13.7. The molecule has 0 amide bonds. The predicted octanol–water partition coefficient (Wildman–Crippen LogP) is 9.79. The Labute approximate surface area is 194 Å². The van der Waals surface area contributed by atoms with E-state index < -0.39 is 17.5 Å². The SMILES string of the molecule is CCCCCCCC1CCC(CCC2CCC(CCc3cc(F)c(F)c(F)c3)CC2)CC1. The van der Waals surface area contributed by atoms with Crippen LogP contribution in [0.25, 0.3) is 0 Å². The van der Waals surface area contributed by atoms with E-state index >= 15 is 0 Å². The van der Waals surface area contributed by atoms with Crippen LogP contribution >= 0.6 is 0 Å². The average molecular weight is 451 g/mol. The van der Waals surface area contributed by atoms with Crippen LogP contribution in [0, 0.1) is 41.1 Å². The standard InChI is InChI=1S/C29H45F3/c1-2-3-4-5-6-7-22-8-10-23(11-9-22)12-13-24-14-16-25(17-15-24)18-19-26-20-27(30)29(32)28(31)21-26/h20-25H,2-19H2,1H3. The number of halogens is 3. The summed E-state index contributed by atoms with van der Waals surface area (Å²) in [6.07, 6.45) is 23.9. The fourth-order valence-electron chi connectivity index (χ4n) is 6.25. The molecule has 182 valence electrons. The van der Waals surface area contributed by atoms with Gasteiger partial charge in [-0.2, -0.15) is 0 Å². The number of unbranched alkanes of at least 4 members (excludes halogenated alkanes) is 4. The highest BCUT2D eigenvalue weighted by Gasteiger charge is 2.25. The number of aryl methyl sites for hydroxylation is 1. The first-order chi connectivity index (χ1) is 15.5. The summed E-state index contributed by atoms with van der Waals surface area (Å²) in [6, 6.07) is 2.32. The second kappa shape index (κ2) is 13.7.